The van der Waals surface area contributed by atoms with Crippen LogP contribution in [0.15, 0.2) is 24.4 Å². The fourth-order valence-electron chi connectivity index (χ4n) is 3.16. The first-order valence-electron chi connectivity index (χ1n) is 8.85. The number of halogens is 1. The van der Waals surface area contributed by atoms with Crippen LogP contribution in [0.4, 0.5) is 5.69 Å². The molecule has 0 radical (unpaired) electrons. The molecule has 0 aromatic carbocycles. The van der Waals surface area contributed by atoms with E-state index in [4.69, 9.17) is 11.6 Å². The summed E-state index contributed by atoms with van der Waals surface area (Å²) in [7, 11) is 0. The summed E-state index contributed by atoms with van der Waals surface area (Å²) in [6, 6.07) is 5.63. The third kappa shape index (κ3) is 4.50. The summed E-state index contributed by atoms with van der Waals surface area (Å²) in [5, 5.41) is 32.5. The quantitative estimate of drug-likeness (QED) is 0.707. The predicted molar refractivity (Wildman–Crippen MR) is 102 cm³/mol. The Labute approximate surface area is 158 Å². The van der Waals surface area contributed by atoms with Gasteiger partial charge in [-0.25, -0.2) is 4.98 Å². The molecule has 1 aliphatic carbocycles. The summed E-state index contributed by atoms with van der Waals surface area (Å²) in [4.78, 5) is 4.17. The van der Waals surface area contributed by atoms with Crippen LogP contribution in [0.3, 0.4) is 0 Å². The van der Waals surface area contributed by atoms with E-state index in [2.05, 4.69) is 20.5 Å². The Hall–Kier alpha value is -1.76. The number of nitrogens with one attached hydrogen (secondary N) is 1. The maximum absolute atomic E-state index is 10.1. The normalized spacial score (nSPS) is 23.7. The van der Waals surface area contributed by atoms with Gasteiger partial charge in [0.15, 0.2) is 0 Å². The minimum atomic E-state index is -1.04. The van der Waals surface area contributed by atoms with Crippen molar-refractivity contribution in [2.75, 3.05) is 5.32 Å². The molecule has 0 bridgehead atoms. The van der Waals surface area contributed by atoms with Gasteiger partial charge in [0, 0.05) is 23.5 Å². The molecular weight excluding hydrogens is 352 g/mol. The molecule has 3 N–H and O–H groups in total. The topological polar surface area (TPSA) is 91.2 Å². The number of pyridine rings is 1. The lowest BCUT2D eigenvalue weighted by Crippen LogP contribution is -2.35. The van der Waals surface area contributed by atoms with E-state index in [9.17, 15) is 10.2 Å². The fourth-order valence-corrected chi connectivity index (χ4v) is 3.32. The first-order valence-corrected chi connectivity index (χ1v) is 9.23. The zero-order valence-electron chi connectivity index (χ0n) is 15.3. The van der Waals surface area contributed by atoms with Crippen molar-refractivity contribution in [3.63, 3.8) is 0 Å². The van der Waals surface area contributed by atoms with Crippen molar-refractivity contribution >= 4 is 17.3 Å². The summed E-state index contributed by atoms with van der Waals surface area (Å²) >= 11 is 6.09. The third-order valence-corrected chi connectivity index (χ3v) is 5.07. The molecule has 2 heterocycles. The van der Waals surface area contributed by atoms with Gasteiger partial charge in [-0.1, -0.05) is 11.6 Å². The Balaban J connectivity index is 1.84. The number of nitrogens with zero attached hydrogens (tertiary/aromatic N) is 3. The van der Waals surface area contributed by atoms with Crippen LogP contribution >= 0.6 is 11.6 Å². The molecule has 3 rings (SSSR count). The smallest absolute Gasteiger partial charge is 0.131 e. The van der Waals surface area contributed by atoms with E-state index in [0.29, 0.717) is 16.5 Å². The van der Waals surface area contributed by atoms with Crippen LogP contribution in [0, 0.1) is 0 Å². The molecule has 0 unspecified atom stereocenters. The van der Waals surface area contributed by atoms with E-state index in [-0.39, 0.29) is 6.04 Å². The summed E-state index contributed by atoms with van der Waals surface area (Å²) in [6.45, 7) is 5.23. The van der Waals surface area contributed by atoms with Crippen LogP contribution in [-0.2, 0) is 5.60 Å². The number of aromatic nitrogens is 3. The van der Waals surface area contributed by atoms with Gasteiger partial charge >= 0.3 is 0 Å². The predicted octanol–water partition coefficient (Wildman–Crippen LogP) is 3.52. The average Bonchev–Trinajstić information content (AvgIpc) is 2.56. The van der Waals surface area contributed by atoms with Gasteiger partial charge in [-0.05, 0) is 64.7 Å². The molecule has 6 nitrogen and oxygen atoms in total. The largest absolute Gasteiger partial charge is 0.390 e. The molecule has 0 saturated heterocycles. The average molecular weight is 377 g/mol. The molecule has 0 atom stereocenters. The molecule has 1 fully saturated rings. The Morgan fingerprint density at radius 1 is 1.23 bits per heavy atom. The van der Waals surface area contributed by atoms with Crippen LogP contribution in [0.5, 0.6) is 0 Å². The summed E-state index contributed by atoms with van der Waals surface area (Å²) in [5.74, 6) is 0. The molecule has 0 aliphatic heterocycles. The number of aliphatic hydroxyl groups is 2. The summed E-state index contributed by atoms with van der Waals surface area (Å²) in [6.07, 6.45) is 4.97. The maximum atomic E-state index is 10.1. The van der Waals surface area contributed by atoms with Crippen molar-refractivity contribution in [3.05, 3.63) is 35.2 Å². The number of hydrogen-bond donors (Lipinski definition) is 3. The van der Waals surface area contributed by atoms with Crippen LogP contribution in [0.2, 0.25) is 5.15 Å². The first kappa shape index (κ1) is 19.0. The molecule has 1 saturated carbocycles. The first-order chi connectivity index (χ1) is 12.1. The minimum Gasteiger partial charge on any atom is -0.390 e. The molecule has 140 valence electrons. The Morgan fingerprint density at radius 3 is 2.50 bits per heavy atom. The van der Waals surface area contributed by atoms with Crippen molar-refractivity contribution in [2.24, 2.45) is 0 Å². The zero-order chi connectivity index (χ0) is 18.9. The Morgan fingerprint density at radius 2 is 1.92 bits per heavy atom. The van der Waals surface area contributed by atoms with Crippen molar-refractivity contribution in [2.45, 2.75) is 63.7 Å². The molecule has 2 aromatic rings. The maximum Gasteiger partial charge on any atom is 0.131 e. The van der Waals surface area contributed by atoms with E-state index in [0.717, 1.165) is 36.9 Å². The van der Waals surface area contributed by atoms with Gasteiger partial charge in [-0.3, -0.25) is 0 Å². The number of anilines is 1. The molecule has 0 amide bonds. The van der Waals surface area contributed by atoms with Crippen LogP contribution in [0.1, 0.15) is 52.1 Å². The van der Waals surface area contributed by atoms with E-state index in [1.165, 1.54) is 0 Å². The summed E-state index contributed by atoms with van der Waals surface area (Å²) in [5.41, 5.74) is 1.21. The zero-order valence-corrected chi connectivity index (χ0v) is 16.1. The van der Waals surface area contributed by atoms with E-state index in [1.807, 2.05) is 13.0 Å². The molecular formula is C19H25ClN4O2. The Bertz CT molecular complexity index is 762. The SMILES string of the molecule is CC1(O)CCC(Nc2cc(Cl)ncc2-c2ccc(C(C)(C)O)nn2)CC1. The van der Waals surface area contributed by atoms with Gasteiger partial charge in [0.2, 0.25) is 0 Å². The third-order valence-electron chi connectivity index (χ3n) is 4.86. The van der Waals surface area contributed by atoms with Crippen molar-refractivity contribution in [1.82, 2.24) is 15.2 Å². The molecule has 26 heavy (non-hydrogen) atoms. The molecule has 2 aromatic heterocycles. The second-order valence-corrected chi connectivity index (χ2v) is 8.22. The minimum absolute atomic E-state index is 0.260. The van der Waals surface area contributed by atoms with Crippen LogP contribution < -0.4 is 5.32 Å². The van der Waals surface area contributed by atoms with E-state index < -0.39 is 11.2 Å². The Kier molecular flexibility index (Phi) is 5.19. The highest BCUT2D eigenvalue weighted by Gasteiger charge is 2.29. The van der Waals surface area contributed by atoms with Crippen molar-refractivity contribution in [1.29, 1.82) is 0 Å². The highest BCUT2D eigenvalue weighted by molar-refractivity contribution is 6.29. The van der Waals surface area contributed by atoms with Gasteiger partial charge in [0.1, 0.15) is 10.8 Å². The van der Waals surface area contributed by atoms with Crippen LogP contribution in [0.25, 0.3) is 11.3 Å². The molecule has 0 spiro atoms. The second kappa shape index (κ2) is 7.10. The molecule has 1 aliphatic rings. The highest BCUT2D eigenvalue weighted by Crippen LogP contribution is 2.33. The van der Waals surface area contributed by atoms with Gasteiger partial charge < -0.3 is 15.5 Å². The lowest BCUT2D eigenvalue weighted by atomic mass is 9.83. The standard InChI is InChI=1S/C19H25ClN4O2/c1-18(2,25)16-5-4-14(23-24-16)13-11-21-17(20)10-15(13)22-12-6-8-19(3,26)9-7-12/h4-5,10-12,25-26H,6-9H2,1-3H3,(H,21,22). The van der Waals surface area contributed by atoms with Gasteiger partial charge in [-0.2, -0.15) is 10.2 Å². The highest BCUT2D eigenvalue weighted by atomic mass is 35.5. The number of hydrogen-bond acceptors (Lipinski definition) is 6. The van der Waals surface area contributed by atoms with Crippen molar-refractivity contribution in [3.8, 4) is 11.3 Å². The second-order valence-electron chi connectivity index (χ2n) is 7.83. The van der Waals surface area contributed by atoms with Gasteiger partial charge in [0.25, 0.3) is 0 Å². The molecule has 7 heteroatoms. The van der Waals surface area contributed by atoms with Gasteiger partial charge in [0.05, 0.1) is 17.0 Å². The monoisotopic (exact) mass is 376 g/mol. The van der Waals surface area contributed by atoms with Crippen LogP contribution in [-0.4, -0.2) is 37.0 Å². The summed E-state index contributed by atoms with van der Waals surface area (Å²) < 4.78 is 0. The van der Waals surface area contributed by atoms with Gasteiger partial charge in [-0.15, -0.1) is 0 Å². The fraction of sp³-hybridized carbons (Fsp3) is 0.526. The van der Waals surface area contributed by atoms with Crippen molar-refractivity contribution < 1.29 is 10.2 Å². The lowest BCUT2D eigenvalue weighted by molar-refractivity contribution is 0.0196. The van der Waals surface area contributed by atoms with E-state index >= 15 is 0 Å². The lowest BCUT2D eigenvalue weighted by Gasteiger charge is -2.34. The van der Waals surface area contributed by atoms with E-state index in [1.54, 1.807) is 32.2 Å². The number of rotatable bonds is 4.